The van der Waals surface area contributed by atoms with E-state index in [0.717, 1.165) is 16.2 Å². The Hall–Kier alpha value is -3.92. The van der Waals surface area contributed by atoms with Crippen molar-refractivity contribution in [1.29, 1.82) is 0 Å². The number of nitrogens with one attached hydrogen (secondary N) is 1. The average Bonchev–Trinajstić information content (AvgIpc) is 3.29. The highest BCUT2D eigenvalue weighted by atomic mass is 32.2. The summed E-state index contributed by atoms with van der Waals surface area (Å²) in [5, 5.41) is 15.7. The van der Waals surface area contributed by atoms with Crippen molar-refractivity contribution in [2.24, 2.45) is 10.6 Å². The number of β-lactam (4-membered cyclic amide) rings is 1. The lowest BCUT2D eigenvalue weighted by Crippen LogP contribution is -2.71. The molecule has 1 fully saturated rings. The summed E-state index contributed by atoms with van der Waals surface area (Å²) in [6, 6.07) is -1.05. The van der Waals surface area contributed by atoms with E-state index in [1.54, 1.807) is 20.8 Å². The molecule has 0 saturated carbocycles. The number of carbonyl (C=O) groups is 5. The number of ether oxygens (including phenoxy) is 3. The van der Waals surface area contributed by atoms with Gasteiger partial charge in [-0.25, -0.2) is 9.78 Å². The van der Waals surface area contributed by atoms with Crippen LogP contribution < -0.4 is 11.1 Å². The summed E-state index contributed by atoms with van der Waals surface area (Å²) >= 11 is 2.29. The number of nitrogen functional groups attached to an aromatic ring is 1. The lowest BCUT2D eigenvalue weighted by Gasteiger charge is -2.49. The second-order valence-corrected chi connectivity index (χ2v) is 11.2. The van der Waals surface area contributed by atoms with Crippen LogP contribution in [-0.4, -0.2) is 81.1 Å². The van der Waals surface area contributed by atoms with Gasteiger partial charge < -0.3 is 30.5 Å². The summed E-state index contributed by atoms with van der Waals surface area (Å²) in [5.74, 6) is -3.27. The van der Waals surface area contributed by atoms with Gasteiger partial charge in [-0.1, -0.05) is 11.2 Å². The molecule has 0 aromatic carbocycles. The summed E-state index contributed by atoms with van der Waals surface area (Å²) in [4.78, 5) is 67.0. The van der Waals surface area contributed by atoms with Gasteiger partial charge >= 0.3 is 17.9 Å². The van der Waals surface area contributed by atoms with Gasteiger partial charge in [-0.15, -0.1) is 23.1 Å². The first-order valence-electron chi connectivity index (χ1n) is 11.4. The minimum absolute atomic E-state index is 0.0339. The number of hydrogen-bond acceptors (Lipinski definition) is 14. The Kier molecular flexibility index (Phi) is 9.34. The molecule has 2 atom stereocenters. The molecule has 1 aromatic rings. The normalized spacial score (nSPS) is 19.3. The molecule has 0 bridgehead atoms. The highest BCUT2D eigenvalue weighted by Crippen LogP contribution is 2.41. The number of nitrogens with zero attached hydrogens (tertiary/aromatic N) is 3. The van der Waals surface area contributed by atoms with Gasteiger partial charge in [-0.3, -0.25) is 24.1 Å². The van der Waals surface area contributed by atoms with Crippen LogP contribution >= 0.6 is 23.1 Å². The van der Waals surface area contributed by atoms with Crippen LogP contribution in [0.25, 0.3) is 0 Å². The largest absolute Gasteiger partial charge is 0.462 e. The van der Waals surface area contributed by atoms with Crippen molar-refractivity contribution < 1.29 is 43.4 Å². The van der Waals surface area contributed by atoms with E-state index in [4.69, 9.17) is 19.9 Å². The fraction of sp³-hybridized carbons (Fsp3) is 0.435. The molecule has 1 saturated heterocycles. The first kappa shape index (κ1) is 29.6. The van der Waals surface area contributed by atoms with Crippen molar-refractivity contribution in [3.8, 4) is 0 Å². The molecule has 39 heavy (non-hydrogen) atoms. The van der Waals surface area contributed by atoms with Crippen molar-refractivity contribution in [2.45, 2.75) is 39.1 Å². The summed E-state index contributed by atoms with van der Waals surface area (Å²) in [6.45, 7) is 5.43. The number of thiazole rings is 1. The zero-order valence-corrected chi connectivity index (χ0v) is 23.1. The van der Waals surface area contributed by atoms with E-state index >= 15 is 0 Å². The zero-order chi connectivity index (χ0) is 28.9. The molecule has 1 aromatic heterocycles. The van der Waals surface area contributed by atoms with Gasteiger partial charge in [0.05, 0.1) is 5.41 Å². The number of nitrogens with two attached hydrogens (primary N) is 1. The molecule has 14 nitrogen and oxygen atoms in total. The number of rotatable bonds is 9. The van der Waals surface area contributed by atoms with Crippen LogP contribution in [0.5, 0.6) is 0 Å². The second-order valence-electron chi connectivity index (χ2n) is 9.19. The molecule has 2 aliphatic rings. The van der Waals surface area contributed by atoms with Crippen LogP contribution in [-0.2, 0) is 38.2 Å². The monoisotopic (exact) mass is 581 g/mol. The Labute approximate surface area is 231 Å². The van der Waals surface area contributed by atoms with Crippen molar-refractivity contribution in [1.82, 2.24) is 15.2 Å². The molecule has 0 spiro atoms. The maximum Gasteiger partial charge on any atom is 0.358 e. The Bertz CT molecular complexity index is 1260. The Balaban J connectivity index is 1.77. The quantitative estimate of drug-likeness (QED) is 0.0925. The molecule has 3 rings (SSSR count). The number of anilines is 1. The number of allylic oxidation sites excluding steroid dienone is 1. The van der Waals surface area contributed by atoms with Gasteiger partial charge in [0.25, 0.3) is 11.8 Å². The van der Waals surface area contributed by atoms with Gasteiger partial charge in [-0.05, 0) is 32.4 Å². The number of esters is 3. The lowest BCUT2D eigenvalue weighted by atomic mass is 9.98. The molecule has 3 heterocycles. The van der Waals surface area contributed by atoms with Crippen LogP contribution in [0.2, 0.25) is 0 Å². The van der Waals surface area contributed by atoms with Gasteiger partial charge in [0.2, 0.25) is 6.79 Å². The number of fused-ring (bicyclic) bond motifs is 1. The molecular weight excluding hydrogens is 554 g/mol. The molecule has 4 N–H and O–H groups in total. The molecule has 210 valence electrons. The highest BCUT2D eigenvalue weighted by Gasteiger charge is 2.54. The molecule has 0 aliphatic carbocycles. The van der Waals surface area contributed by atoms with Crippen LogP contribution in [0.3, 0.4) is 0 Å². The molecule has 0 unspecified atom stereocenters. The van der Waals surface area contributed by atoms with Crippen molar-refractivity contribution >= 4 is 63.7 Å². The summed E-state index contributed by atoms with van der Waals surface area (Å²) < 4.78 is 15.0. The van der Waals surface area contributed by atoms with E-state index in [2.05, 4.69) is 15.5 Å². The smallest absolute Gasteiger partial charge is 0.358 e. The molecular formula is C23H27N5O9S2. The summed E-state index contributed by atoms with van der Waals surface area (Å²) in [5.41, 5.74) is 4.65. The third-order valence-electron chi connectivity index (χ3n) is 5.25. The van der Waals surface area contributed by atoms with Gasteiger partial charge in [0.15, 0.2) is 10.8 Å². The zero-order valence-electron chi connectivity index (χ0n) is 21.5. The lowest BCUT2D eigenvalue weighted by molar-refractivity contribution is -0.173. The minimum atomic E-state index is -1.05. The van der Waals surface area contributed by atoms with Crippen molar-refractivity contribution in [3.05, 3.63) is 34.5 Å². The standard InChI is InChI=1S/C23H27N5O9S2/c1-11(29)35-7-5-6-12-8-38-19-15(26-17(30)14(27-34)13-9-39-22(24)25-13)18(31)28(19)16(12)20(32)36-10-37-21(33)23(2,3)4/h5-6,9,15,19,34H,7-8,10H2,1-4H3,(H2,24,25)(H,26,30)/b6-5+,27-14-/t15-,19+/m1/s1. The third kappa shape index (κ3) is 6.94. The third-order valence-corrected chi connectivity index (χ3v) is 7.23. The Morgan fingerprint density at radius 2 is 2.00 bits per heavy atom. The fourth-order valence-electron chi connectivity index (χ4n) is 3.36. The van der Waals surface area contributed by atoms with Crippen LogP contribution in [0.4, 0.5) is 5.13 Å². The van der Waals surface area contributed by atoms with Crippen LogP contribution in [0.1, 0.15) is 33.4 Å². The van der Waals surface area contributed by atoms with E-state index in [1.165, 1.54) is 36.2 Å². The first-order valence-corrected chi connectivity index (χ1v) is 13.3. The first-order chi connectivity index (χ1) is 18.3. The van der Waals surface area contributed by atoms with E-state index in [9.17, 15) is 29.2 Å². The number of amides is 2. The number of oxime groups is 1. The molecule has 0 radical (unpaired) electrons. The topological polar surface area (TPSA) is 200 Å². The second kappa shape index (κ2) is 12.3. The van der Waals surface area contributed by atoms with E-state index in [-0.39, 0.29) is 28.9 Å². The van der Waals surface area contributed by atoms with Crippen LogP contribution in [0.15, 0.2) is 34.0 Å². The van der Waals surface area contributed by atoms with Gasteiger partial charge in [-0.2, -0.15) is 0 Å². The molecule has 16 heteroatoms. The van der Waals surface area contributed by atoms with E-state index in [0.29, 0.717) is 5.57 Å². The van der Waals surface area contributed by atoms with Gasteiger partial charge in [0, 0.05) is 18.1 Å². The molecule has 2 aliphatic heterocycles. The van der Waals surface area contributed by atoms with E-state index in [1.807, 2.05) is 0 Å². The number of aromatic nitrogens is 1. The fourth-order valence-corrected chi connectivity index (χ4v) is 5.22. The number of thioether (sulfide) groups is 1. The Morgan fingerprint density at radius 3 is 2.59 bits per heavy atom. The maximum atomic E-state index is 13.1. The number of hydrogen-bond donors (Lipinski definition) is 3. The predicted octanol–water partition coefficient (Wildman–Crippen LogP) is 0.767. The average molecular weight is 582 g/mol. The van der Waals surface area contributed by atoms with Crippen molar-refractivity contribution in [3.63, 3.8) is 0 Å². The predicted molar refractivity (Wildman–Crippen MR) is 139 cm³/mol. The molecule has 2 amide bonds. The maximum absolute atomic E-state index is 13.1. The summed E-state index contributed by atoms with van der Waals surface area (Å²) in [6.07, 6.45) is 3.02. The SMILES string of the molecule is CC(=O)OC/C=C/C1=C(C(=O)OCOC(=O)C(C)(C)C)N2C(=O)[C@@H](NC(=O)/C(=N\O)c3csc(N)n3)[C@@H]2SC1. The highest BCUT2D eigenvalue weighted by molar-refractivity contribution is 8.00. The van der Waals surface area contributed by atoms with Gasteiger partial charge in [0.1, 0.15) is 29.4 Å². The Morgan fingerprint density at radius 1 is 1.28 bits per heavy atom. The van der Waals surface area contributed by atoms with Crippen molar-refractivity contribution in [2.75, 3.05) is 24.9 Å². The van der Waals surface area contributed by atoms with Crippen LogP contribution in [0, 0.1) is 5.41 Å². The number of carbonyl (C=O) groups excluding carboxylic acids is 5. The minimum Gasteiger partial charge on any atom is -0.462 e. The summed E-state index contributed by atoms with van der Waals surface area (Å²) in [7, 11) is 0. The van der Waals surface area contributed by atoms with E-state index < -0.39 is 59.1 Å².